The van der Waals surface area contributed by atoms with Gasteiger partial charge in [0.2, 0.25) is 0 Å². The van der Waals surface area contributed by atoms with Gasteiger partial charge in [-0.2, -0.15) is 0 Å². The van der Waals surface area contributed by atoms with Gasteiger partial charge >= 0.3 is 0 Å². The van der Waals surface area contributed by atoms with E-state index in [1.54, 1.807) is 24.3 Å². The molecule has 24 heavy (non-hydrogen) atoms. The van der Waals surface area contributed by atoms with Crippen molar-refractivity contribution in [2.24, 2.45) is 0 Å². The quantitative estimate of drug-likeness (QED) is 0.807. The van der Waals surface area contributed by atoms with Crippen molar-refractivity contribution >= 4 is 29.5 Å². The lowest BCUT2D eigenvalue weighted by Crippen LogP contribution is -2.21. The number of amides is 1. The molecule has 0 radical (unpaired) electrons. The first kappa shape index (κ1) is 17.8. The van der Waals surface area contributed by atoms with Crippen LogP contribution in [-0.2, 0) is 4.79 Å². The normalized spacial score (nSPS) is 10.2. The monoisotopic (exact) mass is 347 g/mol. The SMILES string of the molecule is COc1cc(C=O)ccc1OCC(=O)Nc1c(C)cc(C)cc1Cl. The Morgan fingerprint density at radius 2 is 1.96 bits per heavy atom. The molecule has 0 spiro atoms. The number of carbonyl (C=O) groups excluding carboxylic acids is 2. The van der Waals surface area contributed by atoms with Crippen molar-refractivity contribution in [1.82, 2.24) is 0 Å². The first-order valence-corrected chi connectivity index (χ1v) is 7.65. The smallest absolute Gasteiger partial charge is 0.262 e. The maximum atomic E-state index is 12.1. The standard InChI is InChI=1S/C18H18ClNO4/c1-11-6-12(2)18(14(19)7-11)20-17(22)10-24-15-5-4-13(9-21)8-16(15)23-3/h4-9H,10H2,1-3H3,(H,20,22). The highest BCUT2D eigenvalue weighted by Crippen LogP contribution is 2.29. The molecule has 1 N–H and O–H groups in total. The first-order chi connectivity index (χ1) is 11.4. The molecule has 5 nitrogen and oxygen atoms in total. The molecule has 0 fully saturated rings. The number of anilines is 1. The third kappa shape index (κ3) is 4.26. The maximum Gasteiger partial charge on any atom is 0.262 e. The number of aldehydes is 1. The van der Waals surface area contributed by atoms with Crippen molar-refractivity contribution in [2.45, 2.75) is 13.8 Å². The predicted octanol–water partition coefficient (Wildman–Crippen LogP) is 3.80. The van der Waals surface area contributed by atoms with Crippen LogP contribution in [0.3, 0.4) is 0 Å². The Morgan fingerprint density at radius 3 is 2.58 bits per heavy atom. The highest BCUT2D eigenvalue weighted by Gasteiger charge is 2.12. The molecule has 0 aliphatic carbocycles. The molecule has 0 unspecified atom stereocenters. The van der Waals surface area contributed by atoms with E-state index in [0.717, 1.165) is 11.1 Å². The molecular formula is C18H18ClNO4. The van der Waals surface area contributed by atoms with Gasteiger partial charge in [-0.15, -0.1) is 0 Å². The van der Waals surface area contributed by atoms with Crippen LogP contribution in [-0.4, -0.2) is 25.9 Å². The van der Waals surface area contributed by atoms with Gasteiger partial charge in [0.05, 0.1) is 17.8 Å². The molecule has 0 aromatic heterocycles. The molecule has 0 aliphatic heterocycles. The van der Waals surface area contributed by atoms with Gasteiger partial charge in [-0.05, 0) is 49.2 Å². The lowest BCUT2D eigenvalue weighted by Gasteiger charge is -2.13. The second-order valence-corrected chi connectivity index (χ2v) is 5.71. The number of benzene rings is 2. The number of carbonyl (C=O) groups is 2. The summed E-state index contributed by atoms with van der Waals surface area (Å²) in [4.78, 5) is 22.9. The van der Waals surface area contributed by atoms with Crippen LogP contribution in [0.5, 0.6) is 11.5 Å². The topological polar surface area (TPSA) is 64.6 Å². The van der Waals surface area contributed by atoms with Crippen LogP contribution >= 0.6 is 11.6 Å². The summed E-state index contributed by atoms with van der Waals surface area (Å²) in [7, 11) is 1.46. The molecule has 6 heteroatoms. The van der Waals surface area contributed by atoms with Crippen LogP contribution in [0, 0.1) is 13.8 Å². The summed E-state index contributed by atoms with van der Waals surface area (Å²) in [6, 6.07) is 8.43. The van der Waals surface area contributed by atoms with Crippen LogP contribution in [0.1, 0.15) is 21.5 Å². The molecule has 0 bridgehead atoms. The Balaban J connectivity index is 2.05. The third-order valence-corrected chi connectivity index (χ3v) is 3.68. The minimum Gasteiger partial charge on any atom is -0.493 e. The first-order valence-electron chi connectivity index (χ1n) is 7.27. The molecule has 1 amide bonds. The zero-order valence-corrected chi connectivity index (χ0v) is 14.4. The Morgan fingerprint density at radius 1 is 1.21 bits per heavy atom. The number of ether oxygens (including phenoxy) is 2. The molecule has 0 saturated carbocycles. The third-order valence-electron chi connectivity index (χ3n) is 3.38. The van der Waals surface area contributed by atoms with Crippen molar-refractivity contribution < 1.29 is 19.1 Å². The minimum atomic E-state index is -0.342. The van der Waals surface area contributed by atoms with E-state index in [2.05, 4.69) is 5.32 Å². The molecule has 0 aliphatic rings. The van der Waals surface area contributed by atoms with Crippen LogP contribution in [0.2, 0.25) is 5.02 Å². The zero-order valence-electron chi connectivity index (χ0n) is 13.7. The fourth-order valence-electron chi connectivity index (χ4n) is 2.27. The molecule has 0 saturated heterocycles. The summed E-state index contributed by atoms with van der Waals surface area (Å²) in [5, 5.41) is 3.22. The van der Waals surface area contributed by atoms with Crippen molar-refractivity contribution in [3.63, 3.8) is 0 Å². The van der Waals surface area contributed by atoms with Gasteiger partial charge in [0.15, 0.2) is 18.1 Å². The van der Waals surface area contributed by atoms with Crippen LogP contribution in [0.25, 0.3) is 0 Å². The minimum absolute atomic E-state index is 0.208. The lowest BCUT2D eigenvalue weighted by atomic mass is 10.1. The van der Waals surface area contributed by atoms with Crippen LogP contribution < -0.4 is 14.8 Å². The number of nitrogens with one attached hydrogen (secondary N) is 1. The molecule has 0 heterocycles. The highest BCUT2D eigenvalue weighted by molar-refractivity contribution is 6.34. The summed E-state index contributed by atoms with van der Waals surface area (Å²) < 4.78 is 10.6. The molecule has 126 valence electrons. The molecule has 2 aromatic carbocycles. The van der Waals surface area contributed by atoms with Gasteiger partial charge in [0, 0.05) is 5.56 Å². The second kappa shape index (κ2) is 7.84. The summed E-state index contributed by atoms with van der Waals surface area (Å²) in [6.07, 6.45) is 0.709. The maximum absolute atomic E-state index is 12.1. The number of methoxy groups -OCH3 is 1. The van der Waals surface area contributed by atoms with Gasteiger partial charge in [-0.1, -0.05) is 17.7 Å². The van der Waals surface area contributed by atoms with E-state index in [1.807, 2.05) is 19.9 Å². The second-order valence-electron chi connectivity index (χ2n) is 5.30. The Bertz CT molecular complexity index is 751. The van der Waals surface area contributed by atoms with Crippen molar-refractivity contribution in [3.05, 3.63) is 52.0 Å². The van der Waals surface area contributed by atoms with E-state index in [-0.39, 0.29) is 12.5 Å². The van der Waals surface area contributed by atoms with Crippen LogP contribution in [0.15, 0.2) is 30.3 Å². The van der Waals surface area contributed by atoms with Crippen molar-refractivity contribution in [3.8, 4) is 11.5 Å². The summed E-state index contributed by atoms with van der Waals surface area (Å²) in [5.74, 6) is 0.423. The van der Waals surface area contributed by atoms with Gasteiger partial charge < -0.3 is 14.8 Å². The van der Waals surface area contributed by atoms with Gasteiger partial charge in [-0.25, -0.2) is 0 Å². The fraction of sp³-hybridized carbons (Fsp3) is 0.222. The Kier molecular flexibility index (Phi) is 5.82. The summed E-state index contributed by atoms with van der Waals surface area (Å²) in [6.45, 7) is 3.60. The summed E-state index contributed by atoms with van der Waals surface area (Å²) in [5.41, 5.74) is 2.93. The van der Waals surface area contributed by atoms with E-state index in [4.69, 9.17) is 21.1 Å². The number of rotatable bonds is 6. The number of aryl methyl sites for hydroxylation is 2. The van der Waals surface area contributed by atoms with Gasteiger partial charge in [-0.3, -0.25) is 9.59 Å². The van der Waals surface area contributed by atoms with E-state index in [0.29, 0.717) is 34.1 Å². The summed E-state index contributed by atoms with van der Waals surface area (Å²) >= 11 is 6.17. The van der Waals surface area contributed by atoms with E-state index >= 15 is 0 Å². The van der Waals surface area contributed by atoms with Gasteiger partial charge in [0.1, 0.15) is 6.29 Å². The molecule has 0 atom stereocenters. The largest absolute Gasteiger partial charge is 0.493 e. The molecular weight excluding hydrogens is 330 g/mol. The highest BCUT2D eigenvalue weighted by atomic mass is 35.5. The average molecular weight is 348 g/mol. The van der Waals surface area contributed by atoms with E-state index in [9.17, 15) is 9.59 Å². The Hall–Kier alpha value is -2.53. The van der Waals surface area contributed by atoms with Crippen LogP contribution in [0.4, 0.5) is 5.69 Å². The lowest BCUT2D eigenvalue weighted by molar-refractivity contribution is -0.118. The fourth-order valence-corrected chi connectivity index (χ4v) is 2.64. The average Bonchev–Trinajstić information content (AvgIpc) is 2.56. The van der Waals surface area contributed by atoms with Crippen molar-refractivity contribution in [2.75, 3.05) is 19.0 Å². The van der Waals surface area contributed by atoms with E-state index in [1.165, 1.54) is 7.11 Å². The number of hydrogen-bond acceptors (Lipinski definition) is 4. The van der Waals surface area contributed by atoms with Crippen molar-refractivity contribution in [1.29, 1.82) is 0 Å². The number of hydrogen-bond donors (Lipinski definition) is 1. The molecule has 2 aromatic rings. The number of halogens is 1. The molecule has 2 rings (SSSR count). The zero-order chi connectivity index (χ0) is 17.7. The Labute approximate surface area is 145 Å². The van der Waals surface area contributed by atoms with E-state index < -0.39 is 0 Å². The van der Waals surface area contributed by atoms with Gasteiger partial charge in [0.25, 0.3) is 5.91 Å². The predicted molar refractivity (Wildman–Crippen MR) is 93.4 cm³/mol.